The van der Waals surface area contributed by atoms with E-state index < -0.39 is 12.2 Å². The van der Waals surface area contributed by atoms with E-state index in [0.717, 1.165) is 5.56 Å². The summed E-state index contributed by atoms with van der Waals surface area (Å²) in [4.78, 5) is 0. The van der Waals surface area contributed by atoms with Gasteiger partial charge in [0.15, 0.2) is 0 Å². The summed E-state index contributed by atoms with van der Waals surface area (Å²) >= 11 is 0. The second-order valence-corrected chi connectivity index (χ2v) is 3.74. The van der Waals surface area contributed by atoms with Crippen molar-refractivity contribution in [2.45, 2.75) is 25.6 Å². The lowest BCUT2D eigenvalue weighted by Crippen LogP contribution is -2.23. The highest BCUT2D eigenvalue weighted by Gasteiger charge is 2.22. The quantitative estimate of drug-likeness (QED) is 0.693. The number of aliphatic hydroxyl groups excluding tert-OH is 2. The van der Waals surface area contributed by atoms with Gasteiger partial charge >= 0.3 is 0 Å². The smallest absolute Gasteiger partial charge is 0.106 e. The van der Waals surface area contributed by atoms with Crippen LogP contribution < -0.4 is 5.73 Å². The SMILES string of the molecule is Cc1cccc(C#N)c1C(O)C(O)CCN. The largest absolute Gasteiger partial charge is 0.390 e. The number of benzene rings is 1. The zero-order valence-corrected chi connectivity index (χ0v) is 9.22. The van der Waals surface area contributed by atoms with E-state index in [-0.39, 0.29) is 0 Å². The molecule has 4 N–H and O–H groups in total. The molecule has 0 saturated carbocycles. The molecule has 0 bridgehead atoms. The molecule has 0 aliphatic heterocycles. The molecule has 0 heterocycles. The number of hydrogen-bond acceptors (Lipinski definition) is 4. The molecular formula is C12H16N2O2. The van der Waals surface area contributed by atoms with Gasteiger partial charge in [0.05, 0.1) is 17.7 Å². The van der Waals surface area contributed by atoms with Crippen LogP contribution in [0.4, 0.5) is 0 Å². The standard InChI is InChI=1S/C12H16N2O2/c1-8-3-2-4-9(7-14)11(8)12(16)10(15)5-6-13/h2-4,10,12,15-16H,5-6,13H2,1H3. The second-order valence-electron chi connectivity index (χ2n) is 3.74. The summed E-state index contributed by atoms with van der Waals surface area (Å²) in [7, 11) is 0. The molecule has 86 valence electrons. The molecule has 2 atom stereocenters. The van der Waals surface area contributed by atoms with Crippen LogP contribution in [0.2, 0.25) is 0 Å². The van der Waals surface area contributed by atoms with Gasteiger partial charge < -0.3 is 15.9 Å². The Hall–Kier alpha value is -1.41. The molecule has 16 heavy (non-hydrogen) atoms. The highest BCUT2D eigenvalue weighted by atomic mass is 16.3. The van der Waals surface area contributed by atoms with E-state index in [9.17, 15) is 10.2 Å². The van der Waals surface area contributed by atoms with Crippen LogP contribution in [0.25, 0.3) is 0 Å². The van der Waals surface area contributed by atoms with Gasteiger partial charge in [0.1, 0.15) is 6.10 Å². The summed E-state index contributed by atoms with van der Waals surface area (Å²) in [5.41, 5.74) is 7.00. The van der Waals surface area contributed by atoms with Crippen molar-refractivity contribution >= 4 is 0 Å². The molecule has 2 unspecified atom stereocenters. The Labute approximate surface area is 94.9 Å². The molecule has 0 saturated heterocycles. The Balaban J connectivity index is 3.07. The summed E-state index contributed by atoms with van der Waals surface area (Å²) in [5, 5.41) is 28.6. The third-order valence-corrected chi connectivity index (χ3v) is 2.57. The summed E-state index contributed by atoms with van der Waals surface area (Å²) < 4.78 is 0. The summed E-state index contributed by atoms with van der Waals surface area (Å²) in [6, 6.07) is 7.19. The van der Waals surface area contributed by atoms with Crippen LogP contribution >= 0.6 is 0 Å². The van der Waals surface area contributed by atoms with E-state index in [1.165, 1.54) is 0 Å². The van der Waals surface area contributed by atoms with Crippen LogP contribution in [-0.4, -0.2) is 22.9 Å². The van der Waals surface area contributed by atoms with Crippen molar-refractivity contribution in [1.29, 1.82) is 5.26 Å². The third-order valence-electron chi connectivity index (χ3n) is 2.57. The first-order valence-electron chi connectivity index (χ1n) is 5.17. The first-order valence-corrected chi connectivity index (χ1v) is 5.17. The molecule has 1 aromatic rings. The van der Waals surface area contributed by atoms with Crippen molar-refractivity contribution in [2.24, 2.45) is 5.73 Å². The maximum Gasteiger partial charge on any atom is 0.106 e. The average Bonchev–Trinajstić information content (AvgIpc) is 2.28. The fourth-order valence-corrected chi connectivity index (χ4v) is 1.69. The van der Waals surface area contributed by atoms with E-state index in [4.69, 9.17) is 11.0 Å². The normalized spacial score (nSPS) is 14.2. The monoisotopic (exact) mass is 220 g/mol. The highest BCUT2D eigenvalue weighted by Crippen LogP contribution is 2.25. The van der Waals surface area contributed by atoms with Crippen LogP contribution in [0.1, 0.15) is 29.2 Å². The molecule has 0 radical (unpaired) electrons. The third kappa shape index (κ3) is 2.58. The topological polar surface area (TPSA) is 90.3 Å². The first-order chi connectivity index (χ1) is 7.61. The lowest BCUT2D eigenvalue weighted by Gasteiger charge is -2.20. The fraction of sp³-hybridized carbons (Fsp3) is 0.417. The van der Waals surface area contributed by atoms with Gasteiger partial charge in [0.25, 0.3) is 0 Å². The van der Waals surface area contributed by atoms with Crippen LogP contribution in [0.15, 0.2) is 18.2 Å². The predicted octanol–water partition coefficient (Wildman–Crippen LogP) is 0.610. The molecule has 0 aliphatic rings. The molecule has 0 aliphatic carbocycles. The Bertz CT molecular complexity index is 398. The van der Waals surface area contributed by atoms with Crippen molar-refractivity contribution in [3.8, 4) is 6.07 Å². The molecule has 0 fully saturated rings. The van der Waals surface area contributed by atoms with E-state index in [0.29, 0.717) is 24.1 Å². The lowest BCUT2D eigenvalue weighted by atomic mass is 9.93. The number of nitriles is 1. The minimum absolute atomic E-state index is 0.298. The Kier molecular flexibility index (Phi) is 4.44. The second kappa shape index (κ2) is 5.61. The van der Waals surface area contributed by atoms with Crippen molar-refractivity contribution in [1.82, 2.24) is 0 Å². The van der Waals surface area contributed by atoms with Gasteiger partial charge in [-0.1, -0.05) is 12.1 Å². The lowest BCUT2D eigenvalue weighted by molar-refractivity contribution is 0.0145. The van der Waals surface area contributed by atoms with Gasteiger partial charge in [0, 0.05) is 5.56 Å². The highest BCUT2D eigenvalue weighted by molar-refractivity contribution is 5.44. The molecule has 4 heteroatoms. The number of nitrogens with zero attached hydrogens (tertiary/aromatic N) is 1. The van der Waals surface area contributed by atoms with Crippen LogP contribution in [0.5, 0.6) is 0 Å². The summed E-state index contributed by atoms with van der Waals surface area (Å²) in [6.07, 6.45) is -1.68. The zero-order chi connectivity index (χ0) is 12.1. The van der Waals surface area contributed by atoms with Gasteiger partial charge in [0.2, 0.25) is 0 Å². The minimum Gasteiger partial charge on any atom is -0.390 e. The molecule has 0 amide bonds. The van der Waals surface area contributed by atoms with Crippen molar-refractivity contribution in [3.63, 3.8) is 0 Å². The van der Waals surface area contributed by atoms with Crippen LogP contribution in [-0.2, 0) is 0 Å². The van der Waals surface area contributed by atoms with E-state index >= 15 is 0 Å². The number of hydrogen-bond donors (Lipinski definition) is 3. The van der Waals surface area contributed by atoms with Gasteiger partial charge in [-0.25, -0.2) is 0 Å². The van der Waals surface area contributed by atoms with Crippen LogP contribution in [0, 0.1) is 18.3 Å². The van der Waals surface area contributed by atoms with Gasteiger partial charge in [-0.15, -0.1) is 0 Å². The minimum atomic E-state index is -1.06. The number of aryl methyl sites for hydroxylation is 1. The summed E-state index contributed by atoms with van der Waals surface area (Å²) in [5.74, 6) is 0. The molecule has 1 rings (SSSR count). The molecule has 0 spiro atoms. The van der Waals surface area contributed by atoms with Crippen LogP contribution in [0.3, 0.4) is 0 Å². The maximum absolute atomic E-state index is 9.96. The molecule has 4 nitrogen and oxygen atoms in total. The molecule has 1 aromatic carbocycles. The number of nitrogens with two attached hydrogens (primary N) is 1. The predicted molar refractivity (Wildman–Crippen MR) is 60.5 cm³/mol. The number of aliphatic hydroxyl groups is 2. The average molecular weight is 220 g/mol. The Morgan fingerprint density at radius 1 is 1.44 bits per heavy atom. The van der Waals surface area contributed by atoms with Gasteiger partial charge in [-0.05, 0) is 31.5 Å². The van der Waals surface area contributed by atoms with Gasteiger partial charge in [-0.3, -0.25) is 0 Å². The maximum atomic E-state index is 9.96. The number of rotatable bonds is 4. The van der Waals surface area contributed by atoms with E-state index in [1.54, 1.807) is 25.1 Å². The van der Waals surface area contributed by atoms with Crippen molar-refractivity contribution in [2.75, 3.05) is 6.54 Å². The summed E-state index contributed by atoms with van der Waals surface area (Å²) in [6.45, 7) is 2.10. The van der Waals surface area contributed by atoms with Crippen molar-refractivity contribution < 1.29 is 10.2 Å². The van der Waals surface area contributed by atoms with Gasteiger partial charge in [-0.2, -0.15) is 5.26 Å². The van der Waals surface area contributed by atoms with E-state index in [1.807, 2.05) is 6.07 Å². The fourth-order valence-electron chi connectivity index (χ4n) is 1.69. The molecule has 0 aromatic heterocycles. The zero-order valence-electron chi connectivity index (χ0n) is 9.22. The van der Waals surface area contributed by atoms with Crippen molar-refractivity contribution in [3.05, 3.63) is 34.9 Å². The Morgan fingerprint density at radius 2 is 2.12 bits per heavy atom. The molecular weight excluding hydrogens is 204 g/mol. The first kappa shape index (κ1) is 12.7. The van der Waals surface area contributed by atoms with E-state index in [2.05, 4.69) is 0 Å². The Morgan fingerprint density at radius 3 is 2.69 bits per heavy atom.